The maximum atomic E-state index is 8.49. The van der Waals surface area contributed by atoms with E-state index < -0.39 is 0 Å². The Morgan fingerprint density at radius 3 is 1.32 bits per heavy atom. The summed E-state index contributed by atoms with van der Waals surface area (Å²) >= 11 is 0. The fourth-order valence-corrected chi connectivity index (χ4v) is 2.53. The number of unbranched alkanes of at least 4 members (excludes halogenated alkanes) is 14. The minimum absolute atomic E-state index is 1.04. The third-order valence-corrected chi connectivity index (χ3v) is 3.83. The van der Waals surface area contributed by atoms with Gasteiger partial charge in [-0.3, -0.25) is 0 Å². The number of hydrogen-bond acceptors (Lipinski definition) is 0. The van der Waals surface area contributed by atoms with Gasteiger partial charge in [-0.25, -0.2) is 0 Å². The molecule has 0 amide bonds. The summed E-state index contributed by atoms with van der Waals surface area (Å²) in [6.07, 6.45) is 23.7. The lowest BCUT2D eigenvalue weighted by Gasteiger charge is -2.02. The van der Waals surface area contributed by atoms with Crippen LogP contribution in [0.1, 0.15) is 103 Å². The van der Waals surface area contributed by atoms with Gasteiger partial charge in [0.2, 0.25) is 0 Å². The number of nitrogens with zero attached hydrogens (tertiary/aromatic N) is 1. The molecule has 0 aromatic rings. The third-order valence-electron chi connectivity index (χ3n) is 3.83. The number of hydrogen-bond donors (Lipinski definition) is 0. The van der Waals surface area contributed by atoms with Crippen molar-refractivity contribution in [2.45, 2.75) is 103 Å². The van der Waals surface area contributed by atoms with Crippen molar-refractivity contribution in [2.75, 3.05) is 0 Å². The largest absolute Gasteiger partial charge is 0.160 e. The molecule has 1 nitrogen and oxygen atoms in total. The Hall–Kier alpha value is -0.460. The van der Waals surface area contributed by atoms with Crippen LogP contribution in [0.15, 0.2) is 12.3 Å². The minimum Gasteiger partial charge on any atom is -0.160 e. The molecule has 0 aliphatic heterocycles. The van der Waals surface area contributed by atoms with Crippen molar-refractivity contribution in [2.24, 2.45) is 0 Å². The lowest BCUT2D eigenvalue weighted by molar-refractivity contribution is 0.536. The molecular formula is C18H35N. The van der Waals surface area contributed by atoms with Crippen LogP contribution in [0, 0.1) is 0 Å². The zero-order valence-electron chi connectivity index (χ0n) is 13.2. The van der Waals surface area contributed by atoms with Gasteiger partial charge in [0, 0.05) is 6.20 Å². The number of rotatable bonds is 15. The van der Waals surface area contributed by atoms with Gasteiger partial charge in [-0.2, -0.15) is 5.73 Å². The van der Waals surface area contributed by atoms with E-state index in [-0.39, 0.29) is 0 Å². The van der Waals surface area contributed by atoms with Crippen molar-refractivity contribution in [3.8, 4) is 0 Å². The Balaban J connectivity index is 2.91. The molecule has 0 saturated carbocycles. The van der Waals surface area contributed by atoms with Gasteiger partial charge in [-0.15, -0.1) is 0 Å². The first-order valence-electron chi connectivity index (χ1n) is 8.71. The van der Waals surface area contributed by atoms with Gasteiger partial charge in [0.15, 0.2) is 0 Å². The Bertz CT molecular complexity index is 175. The highest BCUT2D eigenvalue weighted by Gasteiger charge is 1.93. The van der Waals surface area contributed by atoms with Crippen LogP contribution < -0.4 is 5.73 Å². The summed E-state index contributed by atoms with van der Waals surface area (Å²) in [4.78, 5) is 0. The van der Waals surface area contributed by atoms with E-state index in [9.17, 15) is 0 Å². The minimum atomic E-state index is 1.04. The van der Waals surface area contributed by atoms with E-state index in [0.29, 0.717) is 0 Å². The van der Waals surface area contributed by atoms with Crippen molar-refractivity contribution >= 4 is 0 Å². The summed E-state index contributed by atoms with van der Waals surface area (Å²) in [6, 6.07) is 0. The van der Waals surface area contributed by atoms with Crippen molar-refractivity contribution in [1.82, 2.24) is 5.73 Å². The molecular weight excluding hydrogens is 230 g/mol. The van der Waals surface area contributed by atoms with Gasteiger partial charge in [-0.05, 0) is 12.8 Å². The zero-order chi connectivity index (χ0) is 14.0. The monoisotopic (exact) mass is 265 g/mol. The van der Waals surface area contributed by atoms with E-state index in [1.165, 1.54) is 96.1 Å². The lowest BCUT2D eigenvalue weighted by atomic mass is 10.0. The van der Waals surface area contributed by atoms with Gasteiger partial charge in [0.05, 0.1) is 0 Å². The molecule has 0 heterocycles. The van der Waals surface area contributed by atoms with E-state index in [2.05, 4.69) is 6.92 Å². The molecule has 112 valence electrons. The fourth-order valence-electron chi connectivity index (χ4n) is 2.53. The molecule has 0 saturated heterocycles. The maximum Gasteiger partial charge on any atom is 0.0455 e. The Morgan fingerprint density at radius 2 is 0.947 bits per heavy atom. The summed E-state index contributed by atoms with van der Waals surface area (Å²) in [5.74, 6) is 0. The highest BCUT2D eigenvalue weighted by atomic mass is 14.5. The van der Waals surface area contributed by atoms with Gasteiger partial charge in [-0.1, -0.05) is 96.5 Å². The van der Waals surface area contributed by atoms with Gasteiger partial charge >= 0.3 is 0 Å². The van der Waals surface area contributed by atoms with Crippen LogP contribution in [-0.2, 0) is 0 Å². The Labute approximate surface area is 122 Å². The molecule has 0 aliphatic carbocycles. The van der Waals surface area contributed by atoms with E-state index in [4.69, 9.17) is 5.73 Å². The SMILES string of the molecule is CCCCCCCCCCCCCCCC/C=C/[N]. The second-order valence-corrected chi connectivity index (χ2v) is 5.77. The van der Waals surface area contributed by atoms with Crippen LogP contribution in [-0.4, -0.2) is 0 Å². The second kappa shape index (κ2) is 17.5. The van der Waals surface area contributed by atoms with Gasteiger partial charge in [0.1, 0.15) is 0 Å². The Kier molecular flexibility index (Phi) is 17.1. The van der Waals surface area contributed by atoms with Crippen molar-refractivity contribution in [1.29, 1.82) is 0 Å². The second-order valence-electron chi connectivity index (χ2n) is 5.77. The molecule has 1 heteroatoms. The summed E-state index contributed by atoms with van der Waals surface area (Å²) in [7, 11) is 0. The average Bonchev–Trinajstić information content (AvgIpc) is 2.43. The highest BCUT2D eigenvalue weighted by Crippen LogP contribution is 2.13. The quantitative estimate of drug-likeness (QED) is 0.304. The Morgan fingerprint density at radius 1 is 0.579 bits per heavy atom. The molecule has 0 aliphatic rings. The molecule has 0 bridgehead atoms. The molecule has 0 fully saturated rings. The van der Waals surface area contributed by atoms with Crippen LogP contribution >= 0.6 is 0 Å². The summed E-state index contributed by atoms with van der Waals surface area (Å²) in [6.45, 7) is 2.28. The first-order chi connectivity index (χ1) is 9.41. The smallest absolute Gasteiger partial charge is 0.0455 e. The first-order valence-corrected chi connectivity index (χ1v) is 8.71. The zero-order valence-corrected chi connectivity index (χ0v) is 13.2. The fraction of sp³-hybridized carbons (Fsp3) is 0.889. The molecule has 0 aromatic carbocycles. The molecule has 2 radical (unpaired) electrons. The van der Waals surface area contributed by atoms with Gasteiger partial charge in [0.25, 0.3) is 0 Å². The molecule has 0 N–H and O–H groups in total. The van der Waals surface area contributed by atoms with E-state index in [1.54, 1.807) is 0 Å². The van der Waals surface area contributed by atoms with Crippen LogP contribution in [0.25, 0.3) is 0 Å². The van der Waals surface area contributed by atoms with Crippen molar-refractivity contribution < 1.29 is 0 Å². The molecule has 0 spiro atoms. The van der Waals surface area contributed by atoms with E-state index in [1.807, 2.05) is 6.08 Å². The van der Waals surface area contributed by atoms with Gasteiger partial charge < -0.3 is 0 Å². The van der Waals surface area contributed by atoms with Crippen LogP contribution in [0.2, 0.25) is 0 Å². The molecule has 0 aromatic heterocycles. The van der Waals surface area contributed by atoms with Crippen molar-refractivity contribution in [3.63, 3.8) is 0 Å². The predicted molar refractivity (Wildman–Crippen MR) is 86.2 cm³/mol. The normalized spacial score (nSPS) is 11.4. The topological polar surface area (TPSA) is 22.3 Å². The van der Waals surface area contributed by atoms with E-state index >= 15 is 0 Å². The lowest BCUT2D eigenvalue weighted by Crippen LogP contribution is -1.83. The first kappa shape index (κ1) is 18.5. The van der Waals surface area contributed by atoms with Crippen LogP contribution in [0.3, 0.4) is 0 Å². The summed E-state index contributed by atoms with van der Waals surface area (Å²) < 4.78 is 0. The summed E-state index contributed by atoms with van der Waals surface area (Å²) in [5, 5.41) is 0. The predicted octanol–water partition coefficient (Wildman–Crippen LogP) is 6.44. The molecule has 19 heavy (non-hydrogen) atoms. The standard InChI is InChI=1S/C18H35N/c1-2-3-4-5-6-7-8-9-10-11-12-13-14-15-16-17-18-19/h17-18H,2-16H2,1H3/b18-17+. The maximum absolute atomic E-state index is 8.49. The summed E-state index contributed by atoms with van der Waals surface area (Å²) in [5.41, 5.74) is 8.49. The molecule has 0 unspecified atom stereocenters. The van der Waals surface area contributed by atoms with Crippen LogP contribution in [0.4, 0.5) is 0 Å². The third kappa shape index (κ3) is 17.5. The number of allylic oxidation sites excluding steroid dienone is 1. The molecule has 0 rings (SSSR count). The molecule has 0 atom stereocenters. The van der Waals surface area contributed by atoms with Crippen LogP contribution in [0.5, 0.6) is 0 Å². The highest BCUT2D eigenvalue weighted by molar-refractivity contribution is 4.74. The van der Waals surface area contributed by atoms with Crippen molar-refractivity contribution in [3.05, 3.63) is 12.3 Å². The van der Waals surface area contributed by atoms with E-state index in [0.717, 1.165) is 6.42 Å². The average molecular weight is 265 g/mol.